The maximum absolute atomic E-state index is 12.4. The molecular formula is C18H28N2O2. The Morgan fingerprint density at radius 1 is 1.36 bits per heavy atom. The maximum Gasteiger partial charge on any atom is 0.410 e. The molecule has 1 aliphatic heterocycles. The molecule has 0 radical (unpaired) electrons. The third kappa shape index (κ3) is 4.47. The molecule has 1 saturated heterocycles. The minimum atomic E-state index is -0.452. The maximum atomic E-state index is 12.4. The molecule has 0 bridgehead atoms. The Bertz CT molecular complexity index is 534. The molecular weight excluding hydrogens is 276 g/mol. The monoisotopic (exact) mass is 304 g/mol. The number of hydrogen-bond acceptors (Lipinski definition) is 3. The molecule has 1 fully saturated rings. The Labute approximate surface area is 133 Å². The molecule has 2 rings (SSSR count). The Balaban J connectivity index is 2.11. The molecule has 0 aliphatic carbocycles. The summed E-state index contributed by atoms with van der Waals surface area (Å²) in [6.45, 7) is 12.3. The number of piperazine rings is 1. The van der Waals surface area contributed by atoms with Gasteiger partial charge in [0.2, 0.25) is 0 Å². The first-order valence-corrected chi connectivity index (χ1v) is 8.03. The summed E-state index contributed by atoms with van der Waals surface area (Å²) in [5, 5.41) is 3.38. The van der Waals surface area contributed by atoms with Crippen molar-refractivity contribution in [3.8, 4) is 0 Å². The van der Waals surface area contributed by atoms with E-state index in [1.807, 2.05) is 25.7 Å². The van der Waals surface area contributed by atoms with E-state index in [9.17, 15) is 4.79 Å². The Hall–Kier alpha value is -1.55. The standard InChI is InChI=1S/C18H28N2O2/c1-13-6-7-15(14(2)10-13)11-16-12-19-8-9-20(16)17(21)22-18(3,4)5/h6-7,10,16,19H,8-9,11-12H2,1-5H3. The van der Waals surface area contributed by atoms with Crippen LogP contribution in [0.4, 0.5) is 4.79 Å². The first-order chi connectivity index (χ1) is 10.3. The fraction of sp³-hybridized carbons (Fsp3) is 0.611. The van der Waals surface area contributed by atoms with Crippen LogP contribution in [-0.4, -0.2) is 42.3 Å². The summed E-state index contributed by atoms with van der Waals surface area (Å²) in [4.78, 5) is 14.3. The lowest BCUT2D eigenvalue weighted by Crippen LogP contribution is -2.55. The number of ether oxygens (including phenoxy) is 1. The molecule has 1 amide bonds. The largest absolute Gasteiger partial charge is 0.444 e. The summed E-state index contributed by atoms with van der Waals surface area (Å²) in [5.74, 6) is 0. The molecule has 1 atom stereocenters. The molecule has 1 aromatic rings. The molecule has 22 heavy (non-hydrogen) atoms. The molecule has 0 saturated carbocycles. The number of nitrogens with zero attached hydrogens (tertiary/aromatic N) is 1. The van der Waals surface area contributed by atoms with Crippen LogP contribution in [0.2, 0.25) is 0 Å². The number of rotatable bonds is 2. The number of carbonyl (C=O) groups excluding carboxylic acids is 1. The molecule has 4 nitrogen and oxygen atoms in total. The van der Waals surface area contributed by atoms with Crippen molar-refractivity contribution in [2.45, 2.75) is 52.7 Å². The third-order valence-corrected chi connectivity index (χ3v) is 3.93. The summed E-state index contributed by atoms with van der Waals surface area (Å²) in [6.07, 6.45) is 0.655. The van der Waals surface area contributed by atoms with Crippen molar-refractivity contribution in [1.29, 1.82) is 0 Å². The van der Waals surface area contributed by atoms with E-state index < -0.39 is 5.60 Å². The van der Waals surface area contributed by atoms with E-state index in [0.29, 0.717) is 6.54 Å². The van der Waals surface area contributed by atoms with Crippen molar-refractivity contribution in [2.24, 2.45) is 0 Å². The lowest BCUT2D eigenvalue weighted by molar-refractivity contribution is 0.0121. The highest BCUT2D eigenvalue weighted by molar-refractivity contribution is 5.68. The highest BCUT2D eigenvalue weighted by Gasteiger charge is 2.30. The lowest BCUT2D eigenvalue weighted by Gasteiger charge is -2.37. The van der Waals surface area contributed by atoms with E-state index in [1.165, 1.54) is 16.7 Å². The summed E-state index contributed by atoms with van der Waals surface area (Å²) < 4.78 is 5.55. The van der Waals surface area contributed by atoms with Gasteiger partial charge >= 0.3 is 6.09 Å². The average Bonchev–Trinajstić information content (AvgIpc) is 2.40. The van der Waals surface area contributed by atoms with Crippen LogP contribution in [0.3, 0.4) is 0 Å². The van der Waals surface area contributed by atoms with Gasteiger partial charge in [0.05, 0.1) is 6.04 Å². The molecule has 0 aromatic heterocycles. The van der Waals surface area contributed by atoms with Crippen LogP contribution in [-0.2, 0) is 11.2 Å². The minimum absolute atomic E-state index is 0.144. The molecule has 1 unspecified atom stereocenters. The Kier molecular flexibility index (Phi) is 5.12. The van der Waals surface area contributed by atoms with E-state index in [1.54, 1.807) is 0 Å². The summed E-state index contributed by atoms with van der Waals surface area (Å²) >= 11 is 0. The van der Waals surface area contributed by atoms with Crippen molar-refractivity contribution in [2.75, 3.05) is 19.6 Å². The number of carbonyl (C=O) groups is 1. The predicted octanol–water partition coefficient (Wildman–Crippen LogP) is 3.05. The van der Waals surface area contributed by atoms with Gasteiger partial charge in [0.25, 0.3) is 0 Å². The molecule has 0 spiro atoms. The summed E-state index contributed by atoms with van der Waals surface area (Å²) in [5.41, 5.74) is 3.40. The van der Waals surface area contributed by atoms with Crippen molar-refractivity contribution >= 4 is 6.09 Å². The van der Waals surface area contributed by atoms with Gasteiger partial charge in [-0.25, -0.2) is 4.79 Å². The van der Waals surface area contributed by atoms with Gasteiger partial charge in [-0.15, -0.1) is 0 Å². The molecule has 1 aromatic carbocycles. The Morgan fingerprint density at radius 3 is 2.73 bits per heavy atom. The lowest BCUT2D eigenvalue weighted by atomic mass is 9.97. The zero-order valence-corrected chi connectivity index (χ0v) is 14.4. The second kappa shape index (κ2) is 6.69. The van der Waals surface area contributed by atoms with Crippen molar-refractivity contribution in [3.63, 3.8) is 0 Å². The van der Waals surface area contributed by atoms with Crippen LogP contribution >= 0.6 is 0 Å². The smallest absolute Gasteiger partial charge is 0.410 e. The van der Waals surface area contributed by atoms with Gasteiger partial charge in [0.15, 0.2) is 0 Å². The van der Waals surface area contributed by atoms with E-state index in [2.05, 4.69) is 37.4 Å². The van der Waals surface area contributed by atoms with E-state index >= 15 is 0 Å². The second-order valence-electron chi connectivity index (χ2n) is 7.17. The van der Waals surface area contributed by atoms with Crippen molar-refractivity contribution in [1.82, 2.24) is 10.2 Å². The number of benzene rings is 1. The SMILES string of the molecule is Cc1ccc(CC2CNCCN2C(=O)OC(C)(C)C)c(C)c1. The highest BCUT2D eigenvalue weighted by atomic mass is 16.6. The second-order valence-corrected chi connectivity index (χ2v) is 7.17. The van der Waals surface area contributed by atoms with Crippen LogP contribution in [0.25, 0.3) is 0 Å². The molecule has 1 aliphatic rings. The molecule has 1 N–H and O–H groups in total. The molecule has 122 valence electrons. The van der Waals surface area contributed by atoms with Gasteiger partial charge in [-0.3, -0.25) is 0 Å². The van der Waals surface area contributed by atoms with Crippen molar-refractivity contribution < 1.29 is 9.53 Å². The van der Waals surface area contributed by atoms with E-state index in [0.717, 1.165) is 19.5 Å². The zero-order valence-electron chi connectivity index (χ0n) is 14.4. The van der Waals surface area contributed by atoms with Crippen LogP contribution in [0.15, 0.2) is 18.2 Å². The van der Waals surface area contributed by atoms with Gasteiger partial charge in [-0.05, 0) is 52.2 Å². The van der Waals surface area contributed by atoms with Gasteiger partial charge < -0.3 is 15.0 Å². The van der Waals surface area contributed by atoms with Crippen LogP contribution in [0.1, 0.15) is 37.5 Å². The number of amides is 1. The first kappa shape index (κ1) is 16.8. The van der Waals surface area contributed by atoms with E-state index in [4.69, 9.17) is 4.74 Å². The zero-order chi connectivity index (χ0) is 16.3. The quantitative estimate of drug-likeness (QED) is 0.913. The van der Waals surface area contributed by atoms with Gasteiger partial charge in [-0.2, -0.15) is 0 Å². The third-order valence-electron chi connectivity index (χ3n) is 3.93. The first-order valence-electron chi connectivity index (χ1n) is 8.03. The Morgan fingerprint density at radius 2 is 2.09 bits per heavy atom. The minimum Gasteiger partial charge on any atom is -0.444 e. The molecule has 4 heteroatoms. The fourth-order valence-corrected chi connectivity index (χ4v) is 2.83. The van der Waals surface area contributed by atoms with Gasteiger partial charge in [-0.1, -0.05) is 23.8 Å². The van der Waals surface area contributed by atoms with Gasteiger partial charge in [0.1, 0.15) is 5.60 Å². The van der Waals surface area contributed by atoms with Crippen molar-refractivity contribution in [3.05, 3.63) is 34.9 Å². The summed E-state index contributed by atoms with van der Waals surface area (Å²) in [6, 6.07) is 6.65. The van der Waals surface area contributed by atoms with Crippen LogP contribution in [0, 0.1) is 13.8 Å². The predicted molar refractivity (Wildman–Crippen MR) is 89.2 cm³/mol. The molecule has 1 heterocycles. The number of nitrogens with one attached hydrogen (secondary N) is 1. The summed E-state index contributed by atoms with van der Waals surface area (Å²) in [7, 11) is 0. The van der Waals surface area contributed by atoms with Crippen LogP contribution < -0.4 is 5.32 Å². The van der Waals surface area contributed by atoms with Crippen LogP contribution in [0.5, 0.6) is 0 Å². The normalized spacial score (nSPS) is 19.1. The number of aryl methyl sites for hydroxylation is 2. The fourth-order valence-electron chi connectivity index (χ4n) is 2.83. The average molecular weight is 304 g/mol. The topological polar surface area (TPSA) is 41.6 Å². The van der Waals surface area contributed by atoms with Gasteiger partial charge in [0, 0.05) is 19.6 Å². The van der Waals surface area contributed by atoms with E-state index in [-0.39, 0.29) is 12.1 Å². The highest BCUT2D eigenvalue weighted by Crippen LogP contribution is 2.18. The number of hydrogen-bond donors (Lipinski definition) is 1.